The van der Waals surface area contributed by atoms with Gasteiger partial charge in [0.25, 0.3) is 10.2 Å². The van der Waals surface area contributed by atoms with Crippen molar-refractivity contribution in [2.75, 3.05) is 19.9 Å². The lowest BCUT2D eigenvalue weighted by Crippen LogP contribution is -2.33. The molecule has 0 amide bonds. The van der Waals surface area contributed by atoms with Crippen molar-refractivity contribution >= 4 is 10.2 Å². The Kier molecular flexibility index (Phi) is 4.07. The van der Waals surface area contributed by atoms with Gasteiger partial charge in [-0.25, -0.2) is 5.14 Å². The maximum Gasteiger partial charge on any atom is 0.276 e. The molecule has 13 heavy (non-hydrogen) atoms. The number of hydrogen-bond donors (Lipinski definition) is 2. The number of rotatable bonds is 5. The highest BCUT2D eigenvalue weighted by molar-refractivity contribution is 7.87. The predicted octanol–water partition coefficient (Wildman–Crippen LogP) is -1.07. The molecule has 0 bridgehead atoms. The fourth-order valence-corrected chi connectivity index (χ4v) is 1.34. The van der Waals surface area contributed by atoms with Gasteiger partial charge in [0.05, 0.1) is 12.7 Å². The highest BCUT2D eigenvalue weighted by Gasteiger charge is 2.15. The predicted molar refractivity (Wildman–Crippen MR) is 46.0 cm³/mol. The van der Waals surface area contributed by atoms with E-state index < -0.39 is 10.2 Å². The molecule has 0 spiro atoms. The van der Waals surface area contributed by atoms with Crippen molar-refractivity contribution in [3.63, 3.8) is 0 Å². The van der Waals surface area contributed by atoms with E-state index in [1.54, 1.807) is 0 Å². The molecule has 1 rings (SSSR count). The van der Waals surface area contributed by atoms with Crippen LogP contribution in [0.15, 0.2) is 0 Å². The molecule has 1 fully saturated rings. The van der Waals surface area contributed by atoms with Crippen LogP contribution < -0.4 is 9.86 Å². The lowest BCUT2D eigenvalue weighted by atomic mass is 10.2. The Morgan fingerprint density at radius 1 is 1.62 bits per heavy atom. The number of hydrogen-bond acceptors (Lipinski definition) is 4. The van der Waals surface area contributed by atoms with E-state index in [0.717, 1.165) is 19.4 Å². The van der Waals surface area contributed by atoms with Crippen molar-refractivity contribution in [1.82, 2.24) is 4.72 Å². The molecule has 0 aromatic rings. The number of nitrogens with one attached hydrogen (secondary N) is 1. The van der Waals surface area contributed by atoms with Gasteiger partial charge in [-0.15, -0.1) is 0 Å². The van der Waals surface area contributed by atoms with E-state index in [1.807, 2.05) is 4.72 Å². The van der Waals surface area contributed by atoms with Gasteiger partial charge in [0.1, 0.15) is 6.73 Å². The van der Waals surface area contributed by atoms with E-state index in [4.69, 9.17) is 9.47 Å². The molecular weight excluding hydrogens is 196 g/mol. The summed E-state index contributed by atoms with van der Waals surface area (Å²) in [5.74, 6) is 0. The second-order valence-corrected chi connectivity index (χ2v) is 4.22. The van der Waals surface area contributed by atoms with E-state index in [0.29, 0.717) is 6.61 Å². The van der Waals surface area contributed by atoms with Crippen molar-refractivity contribution in [3.8, 4) is 0 Å². The lowest BCUT2D eigenvalue weighted by Gasteiger charge is -2.09. The molecule has 1 atom stereocenters. The first-order valence-corrected chi connectivity index (χ1v) is 5.59. The van der Waals surface area contributed by atoms with Crippen LogP contribution in [-0.2, 0) is 19.7 Å². The molecule has 0 aliphatic carbocycles. The SMILES string of the molecule is NS(=O)(=O)NCOCC1CCCO1. The Bertz CT molecular complexity index is 235. The smallest absolute Gasteiger partial charge is 0.276 e. The Morgan fingerprint density at radius 3 is 2.92 bits per heavy atom. The second-order valence-electron chi connectivity index (χ2n) is 2.84. The van der Waals surface area contributed by atoms with Gasteiger partial charge in [0.2, 0.25) is 0 Å². The van der Waals surface area contributed by atoms with Crippen LogP contribution in [0.5, 0.6) is 0 Å². The summed E-state index contributed by atoms with van der Waals surface area (Å²) >= 11 is 0. The molecule has 1 aliphatic rings. The zero-order chi connectivity index (χ0) is 9.73. The monoisotopic (exact) mass is 210 g/mol. The zero-order valence-electron chi connectivity index (χ0n) is 7.23. The minimum absolute atomic E-state index is 0.0985. The normalized spacial score (nSPS) is 23.6. The third kappa shape index (κ3) is 5.17. The first-order chi connectivity index (χ1) is 6.08. The Balaban J connectivity index is 2.01. The van der Waals surface area contributed by atoms with Gasteiger partial charge in [-0.1, -0.05) is 0 Å². The molecule has 0 aromatic heterocycles. The van der Waals surface area contributed by atoms with Crippen LogP contribution in [0.3, 0.4) is 0 Å². The standard InChI is InChI=1S/C6H14N2O4S/c7-13(9,10)8-5-11-4-6-2-1-3-12-6/h6,8H,1-5H2,(H2,7,9,10). The molecule has 3 N–H and O–H groups in total. The van der Waals surface area contributed by atoms with Crippen LogP contribution in [0.1, 0.15) is 12.8 Å². The van der Waals surface area contributed by atoms with E-state index in [9.17, 15) is 8.42 Å². The molecular formula is C6H14N2O4S. The molecule has 1 saturated heterocycles. The molecule has 7 heteroatoms. The van der Waals surface area contributed by atoms with Crippen LogP contribution in [0.2, 0.25) is 0 Å². The van der Waals surface area contributed by atoms with Crippen molar-refractivity contribution in [2.24, 2.45) is 5.14 Å². The quantitative estimate of drug-likeness (QED) is 0.446. The first kappa shape index (κ1) is 10.9. The first-order valence-electron chi connectivity index (χ1n) is 4.04. The van der Waals surface area contributed by atoms with Crippen LogP contribution in [0.4, 0.5) is 0 Å². The molecule has 6 nitrogen and oxygen atoms in total. The third-order valence-electron chi connectivity index (χ3n) is 1.69. The number of ether oxygens (including phenoxy) is 2. The Hall–Kier alpha value is -0.210. The molecule has 0 saturated carbocycles. The van der Waals surface area contributed by atoms with Crippen molar-refractivity contribution in [3.05, 3.63) is 0 Å². The van der Waals surface area contributed by atoms with Crippen molar-refractivity contribution in [2.45, 2.75) is 18.9 Å². The van der Waals surface area contributed by atoms with Gasteiger partial charge in [-0.3, -0.25) is 0 Å². The number of nitrogens with two attached hydrogens (primary N) is 1. The third-order valence-corrected chi connectivity index (χ3v) is 2.21. The van der Waals surface area contributed by atoms with Gasteiger partial charge >= 0.3 is 0 Å². The van der Waals surface area contributed by atoms with Crippen LogP contribution in [0.25, 0.3) is 0 Å². The Labute approximate surface area is 77.6 Å². The van der Waals surface area contributed by atoms with Crippen LogP contribution in [-0.4, -0.2) is 34.5 Å². The van der Waals surface area contributed by atoms with Gasteiger partial charge in [-0.2, -0.15) is 13.1 Å². The topological polar surface area (TPSA) is 90.7 Å². The fraction of sp³-hybridized carbons (Fsp3) is 1.00. The minimum Gasteiger partial charge on any atom is -0.376 e. The van der Waals surface area contributed by atoms with Gasteiger partial charge in [-0.05, 0) is 12.8 Å². The summed E-state index contributed by atoms with van der Waals surface area (Å²) in [6.07, 6.45) is 2.11. The fourth-order valence-electron chi connectivity index (χ4n) is 1.09. The van der Waals surface area contributed by atoms with Crippen molar-refractivity contribution in [1.29, 1.82) is 0 Å². The minimum atomic E-state index is -3.64. The lowest BCUT2D eigenvalue weighted by molar-refractivity contribution is 0.0160. The zero-order valence-corrected chi connectivity index (χ0v) is 8.05. The maximum atomic E-state index is 10.4. The van der Waals surface area contributed by atoms with Crippen molar-refractivity contribution < 1.29 is 17.9 Å². The van der Waals surface area contributed by atoms with E-state index in [1.165, 1.54) is 0 Å². The largest absolute Gasteiger partial charge is 0.376 e. The summed E-state index contributed by atoms with van der Waals surface area (Å²) in [5.41, 5.74) is 0. The molecule has 0 radical (unpaired) electrons. The van der Waals surface area contributed by atoms with Crippen LogP contribution in [0, 0.1) is 0 Å². The van der Waals surface area contributed by atoms with Gasteiger partial charge in [0.15, 0.2) is 0 Å². The summed E-state index contributed by atoms with van der Waals surface area (Å²) < 4.78 is 33.0. The molecule has 1 unspecified atom stereocenters. The summed E-state index contributed by atoms with van der Waals surface area (Å²) in [7, 11) is -3.64. The molecule has 1 aliphatic heterocycles. The highest BCUT2D eigenvalue weighted by Crippen LogP contribution is 2.11. The van der Waals surface area contributed by atoms with E-state index in [2.05, 4.69) is 5.14 Å². The van der Waals surface area contributed by atoms with E-state index >= 15 is 0 Å². The second kappa shape index (κ2) is 4.87. The van der Waals surface area contributed by atoms with Gasteiger partial charge < -0.3 is 9.47 Å². The highest BCUT2D eigenvalue weighted by atomic mass is 32.2. The molecule has 1 heterocycles. The summed E-state index contributed by atoms with van der Waals surface area (Å²) in [5, 5.41) is 4.68. The molecule has 0 aromatic carbocycles. The average molecular weight is 210 g/mol. The van der Waals surface area contributed by atoms with E-state index in [-0.39, 0.29) is 12.8 Å². The van der Waals surface area contributed by atoms with Crippen LogP contribution >= 0.6 is 0 Å². The maximum absolute atomic E-state index is 10.4. The summed E-state index contributed by atoms with van der Waals surface area (Å²) in [6.45, 7) is 1.07. The summed E-state index contributed by atoms with van der Waals surface area (Å²) in [6, 6.07) is 0. The van der Waals surface area contributed by atoms with Gasteiger partial charge in [0, 0.05) is 6.61 Å². The molecule has 78 valence electrons. The Morgan fingerprint density at radius 2 is 2.38 bits per heavy atom. The average Bonchev–Trinajstić information content (AvgIpc) is 2.48. The summed E-state index contributed by atoms with van der Waals surface area (Å²) in [4.78, 5) is 0.